The predicted octanol–water partition coefficient (Wildman–Crippen LogP) is 4.03. The maximum Gasteiger partial charge on any atom is 0.253 e. The summed E-state index contributed by atoms with van der Waals surface area (Å²) in [6, 6.07) is 24.0. The number of tetrazole rings is 1. The second kappa shape index (κ2) is 9.63. The molecule has 0 saturated heterocycles. The highest BCUT2D eigenvalue weighted by molar-refractivity contribution is 5.82. The van der Waals surface area contributed by atoms with Crippen LogP contribution in [0.4, 0.5) is 0 Å². The number of methoxy groups -OCH3 is 1. The number of nitrogens with one attached hydrogen (secondary N) is 1. The molecule has 0 bridgehead atoms. The Bertz CT molecular complexity index is 1620. The molecular weight excluding hydrogens is 464 g/mol. The van der Waals surface area contributed by atoms with Crippen LogP contribution in [-0.4, -0.2) is 43.7 Å². The van der Waals surface area contributed by atoms with Crippen molar-refractivity contribution in [3.05, 3.63) is 117 Å². The fourth-order valence-electron chi connectivity index (χ4n) is 5.26. The van der Waals surface area contributed by atoms with Gasteiger partial charge in [0.1, 0.15) is 11.8 Å². The molecule has 8 heteroatoms. The van der Waals surface area contributed by atoms with Crippen molar-refractivity contribution in [1.82, 2.24) is 30.1 Å². The summed E-state index contributed by atoms with van der Waals surface area (Å²) in [6.45, 7) is 3.99. The number of para-hydroxylation sites is 1. The Morgan fingerprint density at radius 2 is 1.84 bits per heavy atom. The maximum absolute atomic E-state index is 13.6. The van der Waals surface area contributed by atoms with E-state index >= 15 is 0 Å². The first-order valence-corrected chi connectivity index (χ1v) is 12.4. The molecule has 0 fully saturated rings. The second-order valence-electron chi connectivity index (χ2n) is 9.53. The van der Waals surface area contributed by atoms with E-state index in [0.717, 1.165) is 40.7 Å². The lowest BCUT2D eigenvalue weighted by atomic mass is 9.95. The number of aromatic nitrogens is 5. The number of fused-ring (bicyclic) bond motifs is 2. The van der Waals surface area contributed by atoms with E-state index in [-0.39, 0.29) is 5.56 Å². The lowest BCUT2D eigenvalue weighted by Gasteiger charge is -2.34. The third-order valence-corrected chi connectivity index (χ3v) is 7.23. The van der Waals surface area contributed by atoms with E-state index in [0.29, 0.717) is 24.5 Å². The monoisotopic (exact) mass is 492 g/mol. The van der Waals surface area contributed by atoms with Gasteiger partial charge in [0.25, 0.3) is 5.56 Å². The van der Waals surface area contributed by atoms with Gasteiger partial charge in [0, 0.05) is 18.7 Å². The molecule has 8 nitrogen and oxygen atoms in total. The van der Waals surface area contributed by atoms with Crippen LogP contribution in [0, 0.1) is 6.92 Å². The third-order valence-electron chi connectivity index (χ3n) is 7.23. The molecule has 0 saturated carbocycles. The van der Waals surface area contributed by atoms with E-state index in [1.807, 2.05) is 55.5 Å². The highest BCUT2D eigenvalue weighted by Crippen LogP contribution is 2.32. The summed E-state index contributed by atoms with van der Waals surface area (Å²) >= 11 is 0. The highest BCUT2D eigenvalue weighted by Gasteiger charge is 2.32. The molecule has 5 aromatic rings. The molecule has 0 spiro atoms. The van der Waals surface area contributed by atoms with Crippen molar-refractivity contribution in [3.8, 4) is 5.75 Å². The standard InChI is InChI=1S/C29H28N6O2/c1-19-6-5-9-22-16-25(29(36)30-26(19)22)27(34-15-14-21-7-3-4-8-23(21)18-34)28-31-32-33-35(28)17-20-10-12-24(37-2)13-11-20/h3-13,16,27H,14-15,17-18H2,1-2H3,(H,30,36)/t27-/m0/s1. The second-order valence-corrected chi connectivity index (χ2v) is 9.53. The Labute approximate surface area is 214 Å². The van der Waals surface area contributed by atoms with E-state index in [4.69, 9.17) is 4.74 Å². The lowest BCUT2D eigenvalue weighted by molar-refractivity contribution is 0.194. The molecule has 3 aromatic carbocycles. The zero-order valence-electron chi connectivity index (χ0n) is 20.9. The summed E-state index contributed by atoms with van der Waals surface area (Å²) < 4.78 is 7.10. The van der Waals surface area contributed by atoms with E-state index in [1.54, 1.807) is 11.8 Å². The summed E-state index contributed by atoms with van der Waals surface area (Å²) in [5.41, 5.74) is 6.07. The summed E-state index contributed by atoms with van der Waals surface area (Å²) in [7, 11) is 1.65. The molecule has 3 heterocycles. The first-order valence-electron chi connectivity index (χ1n) is 12.4. The van der Waals surface area contributed by atoms with Gasteiger partial charge in [-0.05, 0) is 69.6 Å². The number of hydrogen-bond donors (Lipinski definition) is 1. The van der Waals surface area contributed by atoms with Crippen LogP contribution < -0.4 is 10.3 Å². The van der Waals surface area contributed by atoms with Crippen LogP contribution in [0.3, 0.4) is 0 Å². The Hall–Kier alpha value is -4.30. The number of rotatable bonds is 6. The molecule has 0 radical (unpaired) electrons. The zero-order valence-corrected chi connectivity index (χ0v) is 20.9. The lowest BCUT2D eigenvalue weighted by Crippen LogP contribution is -2.38. The third kappa shape index (κ3) is 4.40. The van der Waals surface area contributed by atoms with Gasteiger partial charge in [-0.25, -0.2) is 4.68 Å². The molecule has 0 unspecified atom stereocenters. The van der Waals surface area contributed by atoms with Gasteiger partial charge < -0.3 is 9.72 Å². The minimum Gasteiger partial charge on any atom is -0.497 e. The number of nitrogens with zero attached hydrogens (tertiary/aromatic N) is 5. The molecule has 0 amide bonds. The number of benzene rings is 3. The van der Waals surface area contributed by atoms with Crippen molar-refractivity contribution in [3.63, 3.8) is 0 Å². The average molecular weight is 493 g/mol. The molecular formula is C29H28N6O2. The van der Waals surface area contributed by atoms with Gasteiger partial charge in [-0.3, -0.25) is 9.69 Å². The normalized spacial score (nSPS) is 14.4. The van der Waals surface area contributed by atoms with Crippen molar-refractivity contribution in [2.75, 3.05) is 13.7 Å². The molecule has 0 aliphatic carbocycles. The van der Waals surface area contributed by atoms with Crippen LogP contribution in [0.25, 0.3) is 10.9 Å². The van der Waals surface area contributed by atoms with Crippen molar-refractivity contribution in [1.29, 1.82) is 0 Å². The molecule has 1 atom stereocenters. The molecule has 1 aliphatic rings. The Kier molecular flexibility index (Phi) is 6.02. The quantitative estimate of drug-likeness (QED) is 0.385. The Morgan fingerprint density at radius 1 is 1.03 bits per heavy atom. The first-order chi connectivity index (χ1) is 18.1. The first kappa shape index (κ1) is 23.1. The minimum atomic E-state index is -0.407. The minimum absolute atomic E-state index is 0.121. The smallest absolute Gasteiger partial charge is 0.253 e. The maximum atomic E-state index is 13.6. The largest absolute Gasteiger partial charge is 0.497 e. The van der Waals surface area contributed by atoms with Crippen molar-refractivity contribution in [2.24, 2.45) is 0 Å². The zero-order chi connectivity index (χ0) is 25.4. The van der Waals surface area contributed by atoms with Gasteiger partial charge in [0.15, 0.2) is 5.82 Å². The molecule has 186 valence electrons. The summed E-state index contributed by atoms with van der Waals surface area (Å²) in [6.07, 6.45) is 0.900. The van der Waals surface area contributed by atoms with Gasteiger partial charge in [-0.2, -0.15) is 0 Å². The molecule has 1 N–H and O–H groups in total. The average Bonchev–Trinajstić information content (AvgIpc) is 3.37. The van der Waals surface area contributed by atoms with Gasteiger partial charge >= 0.3 is 0 Å². The topological polar surface area (TPSA) is 88.9 Å². The van der Waals surface area contributed by atoms with Crippen LogP contribution in [0.1, 0.15) is 39.7 Å². The van der Waals surface area contributed by atoms with Crippen LogP contribution >= 0.6 is 0 Å². The molecule has 6 rings (SSSR count). The Balaban J connectivity index is 1.46. The number of aryl methyl sites for hydroxylation is 1. The highest BCUT2D eigenvalue weighted by atomic mass is 16.5. The summed E-state index contributed by atoms with van der Waals surface area (Å²) in [4.78, 5) is 19.0. The van der Waals surface area contributed by atoms with E-state index < -0.39 is 6.04 Å². The van der Waals surface area contributed by atoms with Crippen molar-refractivity contribution < 1.29 is 4.74 Å². The number of pyridine rings is 1. The van der Waals surface area contributed by atoms with Crippen LogP contribution in [-0.2, 0) is 19.5 Å². The fourth-order valence-corrected chi connectivity index (χ4v) is 5.26. The van der Waals surface area contributed by atoms with Crippen LogP contribution in [0.2, 0.25) is 0 Å². The fraction of sp³-hybridized carbons (Fsp3) is 0.241. The summed E-state index contributed by atoms with van der Waals surface area (Å²) in [5.74, 6) is 1.44. The van der Waals surface area contributed by atoms with Gasteiger partial charge in [-0.15, -0.1) is 5.10 Å². The van der Waals surface area contributed by atoms with E-state index in [1.165, 1.54) is 11.1 Å². The van der Waals surface area contributed by atoms with Gasteiger partial charge in [0.2, 0.25) is 0 Å². The molecule has 2 aromatic heterocycles. The number of hydrogen-bond acceptors (Lipinski definition) is 6. The van der Waals surface area contributed by atoms with Crippen molar-refractivity contribution in [2.45, 2.75) is 32.5 Å². The van der Waals surface area contributed by atoms with Crippen LogP contribution in [0.15, 0.2) is 77.6 Å². The van der Waals surface area contributed by atoms with E-state index in [9.17, 15) is 4.79 Å². The Morgan fingerprint density at radius 3 is 2.65 bits per heavy atom. The number of ether oxygens (including phenoxy) is 1. The number of aromatic amines is 1. The van der Waals surface area contributed by atoms with E-state index in [2.05, 4.69) is 49.7 Å². The van der Waals surface area contributed by atoms with Crippen LogP contribution in [0.5, 0.6) is 5.75 Å². The molecule has 37 heavy (non-hydrogen) atoms. The van der Waals surface area contributed by atoms with Gasteiger partial charge in [-0.1, -0.05) is 54.6 Å². The summed E-state index contributed by atoms with van der Waals surface area (Å²) in [5, 5.41) is 13.8. The van der Waals surface area contributed by atoms with Crippen molar-refractivity contribution >= 4 is 10.9 Å². The number of H-pyrrole nitrogens is 1. The van der Waals surface area contributed by atoms with Gasteiger partial charge in [0.05, 0.1) is 19.2 Å². The SMILES string of the molecule is COc1ccc(Cn2nnnc2[C@H](c2cc3cccc(C)c3[nH]c2=O)N2CCc3ccccc3C2)cc1. The molecule has 1 aliphatic heterocycles. The predicted molar refractivity (Wildman–Crippen MR) is 142 cm³/mol.